The van der Waals surface area contributed by atoms with Gasteiger partial charge in [0.1, 0.15) is 26.9 Å². The lowest BCUT2D eigenvalue weighted by atomic mass is 9.73. The normalized spacial score (nSPS) is 18.8. The number of methoxy groups -OCH3 is 1. The van der Waals surface area contributed by atoms with Crippen LogP contribution in [-0.4, -0.2) is 49.4 Å². The number of halogens is 1. The van der Waals surface area contributed by atoms with Gasteiger partial charge < -0.3 is 14.2 Å². The fraction of sp³-hybridized carbons (Fsp3) is 0.419. The molecule has 1 saturated heterocycles. The fourth-order valence-corrected chi connectivity index (χ4v) is 7.91. The van der Waals surface area contributed by atoms with E-state index >= 15 is 0 Å². The molecule has 0 saturated carbocycles. The van der Waals surface area contributed by atoms with Gasteiger partial charge in [-0.25, -0.2) is 15.0 Å². The van der Waals surface area contributed by atoms with Gasteiger partial charge in [0.05, 0.1) is 30.1 Å². The van der Waals surface area contributed by atoms with Crippen molar-refractivity contribution in [2.45, 2.75) is 67.7 Å². The average molecular weight is 623 g/mol. The average Bonchev–Trinajstić information content (AvgIpc) is 3.26. The van der Waals surface area contributed by atoms with E-state index in [-0.39, 0.29) is 16.2 Å². The second kappa shape index (κ2) is 11.5. The van der Waals surface area contributed by atoms with Gasteiger partial charge in [-0.2, -0.15) is 0 Å². The van der Waals surface area contributed by atoms with Gasteiger partial charge in [0.2, 0.25) is 0 Å². The minimum absolute atomic E-state index is 0.0149. The molecule has 0 unspecified atom stereocenters. The summed E-state index contributed by atoms with van der Waals surface area (Å²) >= 11 is 6.75. The van der Waals surface area contributed by atoms with E-state index in [1.807, 2.05) is 58.2 Å². The Morgan fingerprint density at radius 1 is 1.12 bits per heavy atom. The highest BCUT2D eigenvalue weighted by molar-refractivity contribution is 7.99. The first-order valence-corrected chi connectivity index (χ1v) is 16.4. The molecule has 2 aliphatic rings. The van der Waals surface area contributed by atoms with Gasteiger partial charge in [0.25, 0.3) is 0 Å². The van der Waals surface area contributed by atoms with Crippen LogP contribution >= 0.6 is 23.4 Å². The number of hydrogen-bond acceptors (Lipinski definition) is 9. The zero-order valence-electron chi connectivity index (χ0n) is 24.5. The smallest absolute Gasteiger partial charge is 0.179 e. The Morgan fingerprint density at radius 3 is 2.64 bits per heavy atom. The fourth-order valence-electron chi connectivity index (χ4n) is 5.88. The molecular formula is C31H35ClN6O2S2. The van der Waals surface area contributed by atoms with Crippen molar-refractivity contribution < 1.29 is 9.29 Å². The van der Waals surface area contributed by atoms with Crippen molar-refractivity contribution in [1.29, 1.82) is 0 Å². The summed E-state index contributed by atoms with van der Waals surface area (Å²) in [6, 6.07) is 12.1. The number of ether oxygens (including phenoxy) is 1. The topological polar surface area (TPSA) is 99.1 Å². The maximum atomic E-state index is 13.3. The number of hydrogen-bond donors (Lipinski definition) is 1. The van der Waals surface area contributed by atoms with Crippen LogP contribution in [0.1, 0.15) is 56.5 Å². The maximum Gasteiger partial charge on any atom is 0.179 e. The van der Waals surface area contributed by atoms with Gasteiger partial charge in [0, 0.05) is 41.0 Å². The number of fused-ring (bicyclic) bond motifs is 2. The molecule has 0 amide bonds. The summed E-state index contributed by atoms with van der Waals surface area (Å²) in [7, 11) is 1.70. The first kappa shape index (κ1) is 29.4. The molecule has 4 aromatic rings. The monoisotopic (exact) mass is 622 g/mol. The Morgan fingerprint density at radius 2 is 1.90 bits per heavy atom. The molecule has 1 aliphatic carbocycles. The number of nitrogens with one attached hydrogen (secondary N) is 1. The van der Waals surface area contributed by atoms with Gasteiger partial charge in [-0.15, -0.1) is 4.72 Å². The summed E-state index contributed by atoms with van der Waals surface area (Å²) < 4.78 is 22.0. The van der Waals surface area contributed by atoms with Crippen molar-refractivity contribution in [3.05, 3.63) is 70.6 Å². The molecule has 220 valence electrons. The minimum Gasteiger partial charge on any atom is -0.598 e. The highest BCUT2D eigenvalue weighted by Gasteiger charge is 2.50. The molecular weight excluding hydrogens is 588 g/mol. The van der Waals surface area contributed by atoms with E-state index in [1.54, 1.807) is 13.3 Å². The number of anilines is 1. The zero-order chi connectivity index (χ0) is 29.6. The molecule has 1 N–H and O–H groups in total. The molecule has 6 rings (SSSR count). The Kier molecular flexibility index (Phi) is 8.04. The predicted molar refractivity (Wildman–Crippen MR) is 170 cm³/mol. The number of rotatable bonds is 6. The van der Waals surface area contributed by atoms with Crippen molar-refractivity contribution in [3.8, 4) is 5.75 Å². The largest absolute Gasteiger partial charge is 0.598 e. The van der Waals surface area contributed by atoms with Gasteiger partial charge in [-0.05, 0) is 88.4 Å². The van der Waals surface area contributed by atoms with Crippen molar-refractivity contribution in [3.63, 3.8) is 0 Å². The van der Waals surface area contributed by atoms with Crippen LogP contribution in [0.3, 0.4) is 0 Å². The minimum atomic E-state index is -1.18. The van der Waals surface area contributed by atoms with Gasteiger partial charge in [-0.1, -0.05) is 29.4 Å². The molecule has 4 heterocycles. The van der Waals surface area contributed by atoms with Crippen LogP contribution < -0.4 is 14.4 Å². The maximum absolute atomic E-state index is 13.3. The van der Waals surface area contributed by atoms with E-state index < -0.39 is 11.4 Å². The number of piperidine rings is 1. The molecule has 42 heavy (non-hydrogen) atoms. The zero-order valence-corrected chi connectivity index (χ0v) is 26.9. The number of pyridine rings is 2. The molecule has 11 heteroatoms. The molecule has 1 spiro atoms. The van der Waals surface area contributed by atoms with E-state index in [4.69, 9.17) is 26.3 Å². The molecule has 0 bridgehead atoms. The number of aryl methyl sites for hydroxylation is 1. The number of benzene rings is 1. The third kappa shape index (κ3) is 5.67. The Bertz CT molecular complexity index is 1620. The van der Waals surface area contributed by atoms with Gasteiger partial charge in [0.15, 0.2) is 5.65 Å². The molecule has 1 aliphatic heterocycles. The molecule has 0 radical (unpaired) electrons. The molecule has 3 aromatic heterocycles. The molecule has 1 fully saturated rings. The van der Waals surface area contributed by atoms with Crippen LogP contribution in [0.4, 0.5) is 5.82 Å². The highest BCUT2D eigenvalue weighted by Crippen LogP contribution is 2.53. The summed E-state index contributed by atoms with van der Waals surface area (Å²) in [5, 5.41) is 1.45. The lowest BCUT2D eigenvalue weighted by Gasteiger charge is -2.44. The summed E-state index contributed by atoms with van der Waals surface area (Å²) in [6.07, 6.45) is 6.40. The van der Waals surface area contributed by atoms with Gasteiger partial charge >= 0.3 is 0 Å². The molecule has 8 nitrogen and oxygen atoms in total. The lowest BCUT2D eigenvalue weighted by Crippen LogP contribution is -2.49. The Balaban J connectivity index is 1.20. The SMILES string of the molecule is COc1ccc2c(c1)CC1(CCN(c3cnc4nc(Sc5ccnc(C)c5Cl)ccc4n3)CC1)[C@@H]2N[S@+]([O-])C(C)(C)C. The van der Waals surface area contributed by atoms with Crippen molar-refractivity contribution in [1.82, 2.24) is 24.7 Å². The van der Waals surface area contributed by atoms with E-state index in [0.29, 0.717) is 10.7 Å². The van der Waals surface area contributed by atoms with Crippen LogP contribution in [0.2, 0.25) is 5.02 Å². The molecule has 2 atom stereocenters. The Labute approximate surface area is 259 Å². The summed E-state index contributed by atoms with van der Waals surface area (Å²) in [5.74, 6) is 1.71. The van der Waals surface area contributed by atoms with Crippen molar-refractivity contribution >= 4 is 51.7 Å². The quantitative estimate of drug-likeness (QED) is 0.242. The first-order valence-electron chi connectivity index (χ1n) is 14.1. The standard InChI is InChI=1S/C31H35ClN6O2S2/c1-19-27(32)24(10-13-33-19)41-26-9-8-23-29(36-26)34-18-25(35-23)38-14-11-31(12-15-38)17-20-16-21(40-5)6-7-22(20)28(31)37-42(39)30(2,3)4/h6-10,13,16,18,28,37H,11-12,14-15,17H2,1-5H3/t28-,42-/m1/s1. The van der Waals surface area contributed by atoms with Crippen molar-refractivity contribution in [2.75, 3.05) is 25.1 Å². The third-order valence-electron chi connectivity index (χ3n) is 8.29. The molecule has 1 aromatic carbocycles. The van der Waals surface area contributed by atoms with Crippen LogP contribution in [0.5, 0.6) is 5.75 Å². The van der Waals surface area contributed by atoms with Crippen LogP contribution in [0.15, 0.2) is 58.7 Å². The predicted octanol–water partition coefficient (Wildman–Crippen LogP) is 6.48. The van der Waals surface area contributed by atoms with Crippen LogP contribution in [0.25, 0.3) is 11.2 Å². The van der Waals surface area contributed by atoms with Crippen molar-refractivity contribution in [2.24, 2.45) is 5.41 Å². The van der Waals surface area contributed by atoms with Crippen LogP contribution in [0, 0.1) is 12.3 Å². The van der Waals surface area contributed by atoms with Gasteiger partial charge in [-0.3, -0.25) is 4.98 Å². The summed E-state index contributed by atoms with van der Waals surface area (Å²) in [5.41, 5.74) is 4.63. The first-order chi connectivity index (χ1) is 20.1. The summed E-state index contributed by atoms with van der Waals surface area (Å²) in [4.78, 5) is 21.8. The van der Waals surface area contributed by atoms with E-state index in [1.165, 1.54) is 22.9 Å². The number of aromatic nitrogens is 4. The highest BCUT2D eigenvalue weighted by atomic mass is 35.5. The van der Waals surface area contributed by atoms with E-state index in [2.05, 4.69) is 31.7 Å². The van der Waals surface area contributed by atoms with Crippen LogP contribution in [-0.2, 0) is 17.8 Å². The van der Waals surface area contributed by atoms with E-state index in [0.717, 1.165) is 65.1 Å². The second-order valence-corrected chi connectivity index (χ2v) is 15.5. The van der Waals surface area contributed by atoms with E-state index in [9.17, 15) is 4.55 Å². The number of nitrogens with zero attached hydrogens (tertiary/aromatic N) is 5. The summed E-state index contributed by atoms with van der Waals surface area (Å²) in [6.45, 7) is 9.61. The lowest BCUT2D eigenvalue weighted by molar-refractivity contribution is 0.176. The Hall–Kier alpha value is -2.63. The third-order valence-corrected chi connectivity index (χ3v) is 11.4. The second-order valence-electron chi connectivity index (χ2n) is 12.1.